The number of amides is 1. The summed E-state index contributed by atoms with van der Waals surface area (Å²) < 4.78 is 5.03. The first-order chi connectivity index (χ1) is 6.22. The molecule has 0 aromatic carbocycles. The molecular formula is C10H20N2O2. The monoisotopic (exact) mass is 200 g/mol. The van der Waals surface area contributed by atoms with Crippen molar-refractivity contribution in [1.29, 1.82) is 0 Å². The molecule has 0 rings (SSSR count). The highest BCUT2D eigenvalue weighted by Crippen LogP contribution is 2.06. The van der Waals surface area contributed by atoms with Gasteiger partial charge in [-0.25, -0.2) is 4.79 Å². The first kappa shape index (κ1) is 13.0. The predicted molar refractivity (Wildman–Crippen MR) is 57.0 cm³/mol. The van der Waals surface area contributed by atoms with E-state index >= 15 is 0 Å². The van der Waals surface area contributed by atoms with Crippen molar-refractivity contribution in [2.75, 3.05) is 6.54 Å². The zero-order chi connectivity index (χ0) is 11.4. The number of nitrogens with one attached hydrogen (secondary N) is 1. The van der Waals surface area contributed by atoms with Crippen LogP contribution in [0.25, 0.3) is 0 Å². The van der Waals surface area contributed by atoms with Gasteiger partial charge in [-0.1, -0.05) is 12.2 Å². The molecule has 0 saturated carbocycles. The van der Waals surface area contributed by atoms with E-state index in [-0.39, 0.29) is 6.04 Å². The Morgan fingerprint density at radius 2 is 2.07 bits per heavy atom. The van der Waals surface area contributed by atoms with E-state index in [1.165, 1.54) is 0 Å². The van der Waals surface area contributed by atoms with Gasteiger partial charge in [0, 0.05) is 12.6 Å². The molecule has 0 aromatic rings. The van der Waals surface area contributed by atoms with Crippen LogP contribution < -0.4 is 11.1 Å². The van der Waals surface area contributed by atoms with E-state index in [1.54, 1.807) is 0 Å². The third-order valence-corrected chi connectivity index (χ3v) is 1.50. The van der Waals surface area contributed by atoms with E-state index in [1.807, 2.05) is 27.7 Å². The van der Waals surface area contributed by atoms with Gasteiger partial charge in [-0.15, -0.1) is 0 Å². The fourth-order valence-electron chi connectivity index (χ4n) is 0.682. The van der Waals surface area contributed by atoms with Crippen LogP contribution in [0.15, 0.2) is 12.2 Å². The van der Waals surface area contributed by atoms with Crippen molar-refractivity contribution < 1.29 is 9.53 Å². The molecule has 1 unspecified atom stereocenters. The Morgan fingerprint density at radius 1 is 1.57 bits per heavy atom. The molecule has 1 atom stereocenters. The smallest absolute Gasteiger partial charge is 0.407 e. The SMILES string of the molecule is C=C(C)C(N)CNC(=O)OC(C)(C)C. The molecule has 0 aliphatic carbocycles. The number of carbonyl (C=O) groups is 1. The summed E-state index contributed by atoms with van der Waals surface area (Å²) in [6.07, 6.45) is -0.450. The molecule has 0 saturated heterocycles. The third kappa shape index (κ3) is 6.48. The van der Waals surface area contributed by atoms with Crippen LogP contribution in [-0.4, -0.2) is 24.3 Å². The summed E-state index contributed by atoms with van der Waals surface area (Å²) >= 11 is 0. The second-order valence-corrected chi connectivity index (χ2v) is 4.34. The molecule has 0 heterocycles. The molecule has 0 aromatic heterocycles. The summed E-state index contributed by atoms with van der Waals surface area (Å²) in [6, 6.07) is -0.220. The predicted octanol–water partition coefficient (Wildman–Crippen LogP) is 1.41. The third-order valence-electron chi connectivity index (χ3n) is 1.50. The van der Waals surface area contributed by atoms with E-state index in [2.05, 4.69) is 11.9 Å². The summed E-state index contributed by atoms with van der Waals surface area (Å²) in [5, 5.41) is 2.57. The Hall–Kier alpha value is -1.03. The second-order valence-electron chi connectivity index (χ2n) is 4.34. The Morgan fingerprint density at radius 3 is 2.43 bits per heavy atom. The van der Waals surface area contributed by atoms with Crippen molar-refractivity contribution >= 4 is 6.09 Å². The summed E-state index contributed by atoms with van der Waals surface area (Å²) in [5.41, 5.74) is 6.02. The molecule has 0 fully saturated rings. The van der Waals surface area contributed by atoms with Crippen LogP contribution in [0.5, 0.6) is 0 Å². The van der Waals surface area contributed by atoms with Crippen molar-refractivity contribution in [3.63, 3.8) is 0 Å². The summed E-state index contributed by atoms with van der Waals surface area (Å²) in [4.78, 5) is 11.2. The van der Waals surface area contributed by atoms with Gasteiger partial charge in [-0.3, -0.25) is 0 Å². The van der Waals surface area contributed by atoms with Crippen molar-refractivity contribution in [3.8, 4) is 0 Å². The summed E-state index contributed by atoms with van der Waals surface area (Å²) in [6.45, 7) is 11.3. The van der Waals surface area contributed by atoms with Gasteiger partial charge in [0.15, 0.2) is 0 Å². The zero-order valence-corrected chi connectivity index (χ0v) is 9.39. The fraction of sp³-hybridized carbons (Fsp3) is 0.700. The van der Waals surface area contributed by atoms with Crippen molar-refractivity contribution in [2.24, 2.45) is 5.73 Å². The number of rotatable bonds is 3. The Balaban J connectivity index is 3.81. The second kappa shape index (κ2) is 5.00. The number of hydrogen-bond donors (Lipinski definition) is 2. The normalized spacial score (nSPS) is 13.2. The minimum atomic E-state index is -0.475. The lowest BCUT2D eigenvalue weighted by Gasteiger charge is -2.20. The van der Waals surface area contributed by atoms with E-state index in [0.717, 1.165) is 5.57 Å². The molecule has 14 heavy (non-hydrogen) atoms. The molecule has 0 radical (unpaired) electrons. The van der Waals surface area contributed by atoms with Gasteiger partial charge in [-0.2, -0.15) is 0 Å². The van der Waals surface area contributed by atoms with Crippen LogP contribution in [0.4, 0.5) is 4.79 Å². The van der Waals surface area contributed by atoms with Crippen molar-refractivity contribution in [1.82, 2.24) is 5.32 Å². The number of nitrogens with two attached hydrogens (primary N) is 1. The maximum atomic E-state index is 11.2. The highest BCUT2D eigenvalue weighted by atomic mass is 16.6. The van der Waals surface area contributed by atoms with Crippen LogP contribution >= 0.6 is 0 Å². The average Bonchev–Trinajstić information content (AvgIpc) is 1.96. The molecule has 3 N–H and O–H groups in total. The minimum Gasteiger partial charge on any atom is -0.444 e. The molecule has 0 aliphatic heterocycles. The Labute approximate surface area is 85.5 Å². The van der Waals surface area contributed by atoms with Gasteiger partial charge in [0.05, 0.1) is 0 Å². The maximum Gasteiger partial charge on any atom is 0.407 e. The lowest BCUT2D eigenvalue weighted by molar-refractivity contribution is 0.0526. The van der Waals surface area contributed by atoms with Gasteiger partial charge in [0.25, 0.3) is 0 Å². The summed E-state index contributed by atoms with van der Waals surface area (Å²) in [5.74, 6) is 0. The van der Waals surface area contributed by atoms with E-state index in [4.69, 9.17) is 10.5 Å². The van der Waals surface area contributed by atoms with Crippen molar-refractivity contribution in [3.05, 3.63) is 12.2 Å². The molecule has 4 nitrogen and oxygen atoms in total. The molecule has 0 aliphatic rings. The standard InChI is InChI=1S/C10H20N2O2/c1-7(2)8(11)6-12-9(13)14-10(3,4)5/h8H,1,6,11H2,2-5H3,(H,12,13). The van der Waals surface area contributed by atoms with Crippen LogP contribution in [-0.2, 0) is 4.74 Å². The quantitative estimate of drug-likeness (QED) is 0.677. The Bertz CT molecular complexity index is 219. The summed E-state index contributed by atoms with van der Waals surface area (Å²) in [7, 11) is 0. The molecule has 82 valence electrons. The molecule has 0 bridgehead atoms. The van der Waals surface area contributed by atoms with Gasteiger partial charge in [-0.05, 0) is 27.7 Å². The Kier molecular flexibility index (Phi) is 4.63. The van der Waals surface area contributed by atoms with Crippen LogP contribution in [0.1, 0.15) is 27.7 Å². The molecule has 1 amide bonds. The molecule has 0 spiro atoms. The van der Waals surface area contributed by atoms with Gasteiger partial charge in [0.2, 0.25) is 0 Å². The maximum absolute atomic E-state index is 11.2. The van der Waals surface area contributed by atoms with Crippen molar-refractivity contribution in [2.45, 2.75) is 39.3 Å². The van der Waals surface area contributed by atoms with E-state index < -0.39 is 11.7 Å². The van der Waals surface area contributed by atoms with Gasteiger partial charge >= 0.3 is 6.09 Å². The number of hydrogen-bond acceptors (Lipinski definition) is 3. The first-order valence-corrected chi connectivity index (χ1v) is 4.60. The fourth-order valence-corrected chi connectivity index (χ4v) is 0.682. The van der Waals surface area contributed by atoms with Crippen LogP contribution in [0.2, 0.25) is 0 Å². The topological polar surface area (TPSA) is 64.3 Å². The molecule has 4 heteroatoms. The zero-order valence-electron chi connectivity index (χ0n) is 9.39. The highest BCUT2D eigenvalue weighted by molar-refractivity contribution is 5.67. The van der Waals surface area contributed by atoms with E-state index in [0.29, 0.717) is 6.54 Å². The van der Waals surface area contributed by atoms with Gasteiger partial charge < -0.3 is 15.8 Å². The number of carbonyl (C=O) groups excluding carboxylic acids is 1. The minimum absolute atomic E-state index is 0.220. The largest absolute Gasteiger partial charge is 0.444 e. The van der Waals surface area contributed by atoms with Gasteiger partial charge in [0.1, 0.15) is 5.60 Å². The van der Waals surface area contributed by atoms with Crippen LogP contribution in [0.3, 0.4) is 0 Å². The lowest BCUT2D eigenvalue weighted by Crippen LogP contribution is -2.40. The van der Waals surface area contributed by atoms with Crippen LogP contribution in [0, 0.1) is 0 Å². The average molecular weight is 200 g/mol. The first-order valence-electron chi connectivity index (χ1n) is 4.60. The molecular weight excluding hydrogens is 180 g/mol. The number of alkyl carbamates (subject to hydrolysis) is 1. The lowest BCUT2D eigenvalue weighted by atomic mass is 10.2. The number of ether oxygens (including phenoxy) is 1. The highest BCUT2D eigenvalue weighted by Gasteiger charge is 2.16. The van der Waals surface area contributed by atoms with E-state index in [9.17, 15) is 4.79 Å².